The molecule has 0 saturated heterocycles. The highest BCUT2D eigenvalue weighted by Gasteiger charge is 2.26. The van der Waals surface area contributed by atoms with Crippen molar-refractivity contribution in [2.24, 2.45) is 5.92 Å². The Hall–Kier alpha value is -0.730. The number of carbonyl (C=O) groups is 1. The normalized spacial score (nSPS) is 24.4. The van der Waals surface area contributed by atoms with Crippen molar-refractivity contribution in [3.63, 3.8) is 0 Å². The van der Waals surface area contributed by atoms with Gasteiger partial charge in [-0.2, -0.15) is 0 Å². The molecule has 2 atom stereocenters. The molecule has 0 unspecified atom stereocenters. The minimum Gasteiger partial charge on any atom is -0.335 e. The molecule has 0 bridgehead atoms. The Balaban J connectivity index is 2.49. The van der Waals surface area contributed by atoms with Crippen molar-refractivity contribution in [2.45, 2.75) is 65.3 Å². The summed E-state index contributed by atoms with van der Waals surface area (Å²) in [5.74, 6) is 0.702. The van der Waals surface area contributed by atoms with Gasteiger partial charge in [0, 0.05) is 19.1 Å². The van der Waals surface area contributed by atoms with Gasteiger partial charge in [-0.25, -0.2) is 4.79 Å². The van der Waals surface area contributed by atoms with E-state index in [2.05, 4.69) is 12.2 Å². The number of nitrogens with zero attached hydrogens (tertiary/aromatic N) is 1. The van der Waals surface area contributed by atoms with Gasteiger partial charge in [0.05, 0.1) is 0 Å². The first-order valence-corrected chi connectivity index (χ1v) is 7.28. The molecular formula is C14H28N2O. The second-order valence-electron chi connectivity index (χ2n) is 5.06. The summed E-state index contributed by atoms with van der Waals surface area (Å²) >= 11 is 0. The van der Waals surface area contributed by atoms with E-state index in [-0.39, 0.29) is 6.03 Å². The highest BCUT2D eigenvalue weighted by atomic mass is 16.2. The topological polar surface area (TPSA) is 32.3 Å². The minimum absolute atomic E-state index is 0.128. The van der Waals surface area contributed by atoms with Crippen LogP contribution in [-0.4, -0.2) is 30.1 Å². The van der Waals surface area contributed by atoms with Gasteiger partial charge in [0.1, 0.15) is 0 Å². The van der Waals surface area contributed by atoms with E-state index < -0.39 is 0 Å². The number of urea groups is 1. The number of nitrogens with one attached hydrogen (secondary N) is 1. The van der Waals surface area contributed by atoms with Gasteiger partial charge in [-0.15, -0.1) is 0 Å². The average molecular weight is 240 g/mol. The Morgan fingerprint density at radius 1 is 1.18 bits per heavy atom. The van der Waals surface area contributed by atoms with Crippen LogP contribution >= 0.6 is 0 Å². The summed E-state index contributed by atoms with van der Waals surface area (Å²) in [6.45, 7) is 7.90. The molecule has 1 N–H and O–H groups in total. The number of hydrogen-bond donors (Lipinski definition) is 1. The summed E-state index contributed by atoms with van der Waals surface area (Å²) in [4.78, 5) is 13.9. The lowest BCUT2D eigenvalue weighted by Gasteiger charge is -2.33. The number of carbonyl (C=O) groups excluding carboxylic acids is 1. The first-order valence-electron chi connectivity index (χ1n) is 7.28. The fraction of sp³-hybridized carbons (Fsp3) is 0.929. The van der Waals surface area contributed by atoms with E-state index >= 15 is 0 Å². The van der Waals surface area contributed by atoms with Crippen LogP contribution in [0.25, 0.3) is 0 Å². The van der Waals surface area contributed by atoms with Crippen LogP contribution in [0.3, 0.4) is 0 Å². The molecule has 0 aliphatic heterocycles. The van der Waals surface area contributed by atoms with Crippen molar-refractivity contribution in [1.82, 2.24) is 10.2 Å². The van der Waals surface area contributed by atoms with Gasteiger partial charge in [-0.05, 0) is 39.0 Å². The molecule has 1 aliphatic rings. The molecule has 1 aliphatic carbocycles. The van der Waals surface area contributed by atoms with Gasteiger partial charge in [0.2, 0.25) is 0 Å². The molecule has 17 heavy (non-hydrogen) atoms. The monoisotopic (exact) mass is 240 g/mol. The molecule has 3 heteroatoms. The van der Waals surface area contributed by atoms with E-state index in [9.17, 15) is 4.79 Å². The fourth-order valence-corrected chi connectivity index (χ4v) is 2.87. The number of rotatable bonds is 5. The molecule has 100 valence electrons. The van der Waals surface area contributed by atoms with Crippen LogP contribution in [0, 0.1) is 5.92 Å². The Kier molecular flexibility index (Phi) is 6.38. The zero-order valence-electron chi connectivity index (χ0n) is 11.7. The van der Waals surface area contributed by atoms with Crippen LogP contribution in [0.4, 0.5) is 4.79 Å². The Bertz CT molecular complexity index is 224. The van der Waals surface area contributed by atoms with Crippen molar-refractivity contribution in [3.8, 4) is 0 Å². The fourth-order valence-electron chi connectivity index (χ4n) is 2.87. The largest absolute Gasteiger partial charge is 0.335 e. The van der Waals surface area contributed by atoms with Crippen molar-refractivity contribution in [1.29, 1.82) is 0 Å². The second kappa shape index (κ2) is 7.57. The highest BCUT2D eigenvalue weighted by molar-refractivity contribution is 5.74. The van der Waals surface area contributed by atoms with Gasteiger partial charge in [-0.1, -0.05) is 26.2 Å². The maximum atomic E-state index is 12.0. The molecule has 0 radical (unpaired) electrons. The molecular weight excluding hydrogens is 212 g/mol. The Labute approximate surface area is 106 Å². The van der Waals surface area contributed by atoms with Gasteiger partial charge < -0.3 is 10.2 Å². The van der Waals surface area contributed by atoms with Crippen LogP contribution in [0.5, 0.6) is 0 Å². The lowest BCUT2D eigenvalue weighted by atomic mass is 9.82. The maximum Gasteiger partial charge on any atom is 0.317 e. The first-order chi connectivity index (χ1) is 8.22. The van der Waals surface area contributed by atoms with E-state index in [0.717, 1.165) is 19.5 Å². The summed E-state index contributed by atoms with van der Waals surface area (Å²) in [5.41, 5.74) is 0. The van der Waals surface area contributed by atoms with Crippen molar-refractivity contribution in [2.75, 3.05) is 13.1 Å². The molecule has 0 aromatic rings. The molecule has 1 saturated carbocycles. The smallest absolute Gasteiger partial charge is 0.317 e. The van der Waals surface area contributed by atoms with Crippen LogP contribution in [0.1, 0.15) is 59.3 Å². The maximum absolute atomic E-state index is 12.0. The van der Waals surface area contributed by atoms with Crippen LogP contribution in [0.15, 0.2) is 0 Å². The third kappa shape index (κ3) is 4.21. The molecule has 0 aromatic heterocycles. The molecule has 0 spiro atoms. The quantitative estimate of drug-likeness (QED) is 0.785. The standard InChI is InChI=1S/C14H28N2O/c1-4-9-12-10-7-8-11-13(12)15-14(17)16(5-2)6-3/h12-13H,4-11H2,1-3H3,(H,15,17)/t12-,13+/m1/s1. The third-order valence-corrected chi connectivity index (χ3v) is 3.93. The zero-order chi connectivity index (χ0) is 12.7. The second-order valence-corrected chi connectivity index (χ2v) is 5.06. The predicted molar refractivity (Wildman–Crippen MR) is 72.1 cm³/mol. The van der Waals surface area contributed by atoms with E-state index in [0.29, 0.717) is 12.0 Å². The van der Waals surface area contributed by atoms with Crippen LogP contribution < -0.4 is 5.32 Å². The van der Waals surface area contributed by atoms with Gasteiger partial charge in [-0.3, -0.25) is 0 Å². The molecule has 2 amide bonds. The SMILES string of the molecule is CCC[C@@H]1CCCC[C@@H]1NC(=O)N(CC)CC. The van der Waals surface area contributed by atoms with Crippen LogP contribution in [-0.2, 0) is 0 Å². The van der Waals surface area contributed by atoms with E-state index in [1.54, 1.807) is 0 Å². The predicted octanol–water partition coefficient (Wildman–Crippen LogP) is 3.40. The Morgan fingerprint density at radius 2 is 1.82 bits per heavy atom. The molecule has 3 nitrogen and oxygen atoms in total. The molecule has 1 rings (SSSR count). The van der Waals surface area contributed by atoms with Crippen LogP contribution in [0.2, 0.25) is 0 Å². The summed E-state index contributed by atoms with van der Waals surface area (Å²) < 4.78 is 0. The molecule has 0 aromatic carbocycles. The summed E-state index contributed by atoms with van der Waals surface area (Å²) in [6, 6.07) is 0.541. The lowest BCUT2D eigenvalue weighted by molar-refractivity contribution is 0.182. The lowest BCUT2D eigenvalue weighted by Crippen LogP contribution is -2.48. The van der Waals surface area contributed by atoms with E-state index in [1.165, 1.54) is 32.1 Å². The van der Waals surface area contributed by atoms with Gasteiger partial charge in [0.25, 0.3) is 0 Å². The van der Waals surface area contributed by atoms with Crippen molar-refractivity contribution in [3.05, 3.63) is 0 Å². The first kappa shape index (κ1) is 14.3. The van der Waals surface area contributed by atoms with Crippen molar-refractivity contribution < 1.29 is 4.79 Å². The van der Waals surface area contributed by atoms with E-state index in [4.69, 9.17) is 0 Å². The van der Waals surface area contributed by atoms with E-state index in [1.807, 2.05) is 18.7 Å². The third-order valence-electron chi connectivity index (χ3n) is 3.93. The minimum atomic E-state index is 0.128. The average Bonchev–Trinajstić information content (AvgIpc) is 2.33. The number of hydrogen-bond acceptors (Lipinski definition) is 1. The molecule has 0 heterocycles. The summed E-state index contributed by atoms with van der Waals surface area (Å²) in [7, 11) is 0. The van der Waals surface area contributed by atoms with Gasteiger partial charge >= 0.3 is 6.03 Å². The van der Waals surface area contributed by atoms with Crippen molar-refractivity contribution >= 4 is 6.03 Å². The van der Waals surface area contributed by atoms with Gasteiger partial charge in [0.15, 0.2) is 0 Å². The zero-order valence-corrected chi connectivity index (χ0v) is 11.7. The summed E-state index contributed by atoms with van der Waals surface area (Å²) in [6.07, 6.45) is 7.53. The Morgan fingerprint density at radius 3 is 2.41 bits per heavy atom. The summed E-state index contributed by atoms with van der Waals surface area (Å²) in [5, 5.41) is 3.24. The highest BCUT2D eigenvalue weighted by Crippen LogP contribution is 2.28. The number of amides is 2. The molecule has 1 fully saturated rings.